The van der Waals surface area contributed by atoms with Gasteiger partial charge in [0.1, 0.15) is 23.5 Å². The lowest BCUT2D eigenvalue weighted by atomic mass is 10.0. The average Bonchev–Trinajstić information content (AvgIpc) is 3.04. The number of nitrogens with zero attached hydrogens (tertiary/aromatic N) is 1. The Balaban J connectivity index is 1.99. The zero-order chi connectivity index (χ0) is 14.7. The Kier molecular flexibility index (Phi) is 3.60. The summed E-state index contributed by atoms with van der Waals surface area (Å²) in [6, 6.07) is 15.5. The molecule has 2 aromatic carbocycles. The Morgan fingerprint density at radius 1 is 0.762 bits per heavy atom. The number of aromatic nitrogens is 1. The van der Waals surface area contributed by atoms with Gasteiger partial charge in [-0.15, -0.1) is 0 Å². The van der Waals surface area contributed by atoms with Crippen LogP contribution in [0, 0.1) is 0 Å². The van der Waals surface area contributed by atoms with E-state index in [1.165, 1.54) is 0 Å². The molecule has 106 valence electrons. The maximum atomic E-state index is 5.17. The molecule has 0 aliphatic heterocycles. The SMILES string of the molecule is COc1ccc(-c2conc2-c2ccc(OC)cc2)cc1. The maximum absolute atomic E-state index is 5.17. The fourth-order valence-corrected chi connectivity index (χ4v) is 2.17. The third kappa shape index (κ3) is 2.60. The summed E-state index contributed by atoms with van der Waals surface area (Å²) >= 11 is 0. The van der Waals surface area contributed by atoms with Crippen LogP contribution < -0.4 is 9.47 Å². The first-order chi connectivity index (χ1) is 10.3. The van der Waals surface area contributed by atoms with Crippen LogP contribution in [0.4, 0.5) is 0 Å². The normalized spacial score (nSPS) is 10.4. The molecule has 0 aliphatic rings. The van der Waals surface area contributed by atoms with E-state index in [0.29, 0.717) is 0 Å². The van der Waals surface area contributed by atoms with Crippen LogP contribution in [0.25, 0.3) is 22.4 Å². The van der Waals surface area contributed by atoms with Gasteiger partial charge in [0.05, 0.1) is 14.2 Å². The van der Waals surface area contributed by atoms with Crippen molar-refractivity contribution in [2.24, 2.45) is 0 Å². The first-order valence-electron chi connectivity index (χ1n) is 6.55. The van der Waals surface area contributed by atoms with Gasteiger partial charge >= 0.3 is 0 Å². The quantitative estimate of drug-likeness (QED) is 0.724. The third-order valence-corrected chi connectivity index (χ3v) is 3.33. The molecule has 4 nitrogen and oxygen atoms in total. The molecule has 0 aliphatic carbocycles. The largest absolute Gasteiger partial charge is 0.497 e. The van der Waals surface area contributed by atoms with E-state index in [9.17, 15) is 0 Å². The molecule has 0 fully saturated rings. The number of hydrogen-bond donors (Lipinski definition) is 0. The van der Waals surface area contributed by atoms with Gasteiger partial charge in [0.15, 0.2) is 0 Å². The van der Waals surface area contributed by atoms with Crippen LogP contribution in [-0.4, -0.2) is 19.4 Å². The van der Waals surface area contributed by atoms with Crippen LogP contribution in [0.2, 0.25) is 0 Å². The number of ether oxygens (including phenoxy) is 2. The van der Waals surface area contributed by atoms with Crippen molar-refractivity contribution >= 4 is 0 Å². The second kappa shape index (κ2) is 5.71. The first-order valence-corrected chi connectivity index (χ1v) is 6.55. The molecule has 21 heavy (non-hydrogen) atoms. The second-order valence-electron chi connectivity index (χ2n) is 4.53. The van der Waals surface area contributed by atoms with E-state index >= 15 is 0 Å². The summed E-state index contributed by atoms with van der Waals surface area (Å²) < 4.78 is 15.5. The third-order valence-electron chi connectivity index (χ3n) is 3.33. The van der Waals surface area contributed by atoms with Crippen molar-refractivity contribution in [3.05, 3.63) is 54.8 Å². The molecule has 0 N–H and O–H groups in total. The molecular formula is C17H15NO3. The standard InChI is InChI=1S/C17H15NO3/c1-19-14-7-3-12(4-8-14)16-11-21-18-17(16)13-5-9-15(20-2)10-6-13/h3-11H,1-2H3. The highest BCUT2D eigenvalue weighted by molar-refractivity contribution is 5.80. The lowest BCUT2D eigenvalue weighted by Gasteiger charge is -2.04. The monoisotopic (exact) mass is 281 g/mol. The van der Waals surface area contributed by atoms with E-state index in [-0.39, 0.29) is 0 Å². The summed E-state index contributed by atoms with van der Waals surface area (Å²) in [7, 11) is 3.30. The predicted molar refractivity (Wildman–Crippen MR) is 80.5 cm³/mol. The van der Waals surface area contributed by atoms with Crippen molar-refractivity contribution in [2.75, 3.05) is 14.2 Å². The van der Waals surface area contributed by atoms with Gasteiger partial charge in [0.2, 0.25) is 0 Å². The lowest BCUT2D eigenvalue weighted by Crippen LogP contribution is -1.86. The highest BCUT2D eigenvalue weighted by Crippen LogP contribution is 2.32. The minimum absolute atomic E-state index is 0.808. The highest BCUT2D eigenvalue weighted by atomic mass is 16.5. The van der Waals surface area contributed by atoms with Gasteiger partial charge in [-0.05, 0) is 42.0 Å². The molecule has 0 saturated carbocycles. The molecule has 0 spiro atoms. The summed E-state index contributed by atoms with van der Waals surface area (Å²) in [5, 5.41) is 4.11. The van der Waals surface area contributed by atoms with Crippen LogP contribution in [0.15, 0.2) is 59.3 Å². The molecule has 0 radical (unpaired) electrons. The van der Waals surface area contributed by atoms with Gasteiger partial charge in [-0.25, -0.2) is 0 Å². The van der Waals surface area contributed by atoms with Crippen molar-refractivity contribution in [3.63, 3.8) is 0 Å². The molecule has 0 saturated heterocycles. The number of methoxy groups -OCH3 is 2. The van der Waals surface area contributed by atoms with Crippen molar-refractivity contribution in [3.8, 4) is 33.9 Å². The van der Waals surface area contributed by atoms with Gasteiger partial charge in [-0.1, -0.05) is 17.3 Å². The summed E-state index contributed by atoms with van der Waals surface area (Å²) in [5.41, 5.74) is 3.77. The van der Waals surface area contributed by atoms with E-state index in [2.05, 4.69) is 5.16 Å². The van der Waals surface area contributed by atoms with Crippen LogP contribution in [-0.2, 0) is 0 Å². The van der Waals surface area contributed by atoms with Crippen LogP contribution in [0.1, 0.15) is 0 Å². The van der Waals surface area contributed by atoms with Gasteiger partial charge in [-0.3, -0.25) is 0 Å². The molecule has 4 heteroatoms. The molecule has 0 atom stereocenters. The Morgan fingerprint density at radius 2 is 1.29 bits per heavy atom. The Morgan fingerprint density at radius 3 is 1.81 bits per heavy atom. The van der Waals surface area contributed by atoms with Crippen LogP contribution >= 0.6 is 0 Å². The minimum Gasteiger partial charge on any atom is -0.497 e. The van der Waals surface area contributed by atoms with E-state index in [0.717, 1.165) is 33.9 Å². The number of rotatable bonds is 4. The highest BCUT2D eigenvalue weighted by Gasteiger charge is 2.12. The molecule has 1 heterocycles. The second-order valence-corrected chi connectivity index (χ2v) is 4.53. The van der Waals surface area contributed by atoms with Crippen molar-refractivity contribution < 1.29 is 14.0 Å². The van der Waals surface area contributed by atoms with Gasteiger partial charge < -0.3 is 14.0 Å². The molecule has 1 aromatic heterocycles. The average molecular weight is 281 g/mol. The first kappa shape index (κ1) is 13.2. The number of benzene rings is 2. The van der Waals surface area contributed by atoms with Crippen molar-refractivity contribution in [1.29, 1.82) is 0 Å². The lowest BCUT2D eigenvalue weighted by molar-refractivity contribution is 0.414. The van der Waals surface area contributed by atoms with E-state index in [1.807, 2.05) is 48.5 Å². The fraction of sp³-hybridized carbons (Fsp3) is 0.118. The molecule has 3 aromatic rings. The van der Waals surface area contributed by atoms with E-state index in [4.69, 9.17) is 14.0 Å². The fourth-order valence-electron chi connectivity index (χ4n) is 2.17. The van der Waals surface area contributed by atoms with E-state index < -0.39 is 0 Å². The Bertz CT molecular complexity index is 653. The summed E-state index contributed by atoms with van der Waals surface area (Å²) in [6.07, 6.45) is 1.65. The van der Waals surface area contributed by atoms with Crippen molar-refractivity contribution in [1.82, 2.24) is 5.16 Å². The van der Waals surface area contributed by atoms with E-state index in [1.54, 1.807) is 20.5 Å². The molecule has 0 bridgehead atoms. The minimum atomic E-state index is 0.808. The molecular weight excluding hydrogens is 266 g/mol. The Hall–Kier alpha value is -2.75. The molecule has 3 rings (SSSR count). The van der Waals surface area contributed by atoms with Crippen LogP contribution in [0.5, 0.6) is 11.5 Å². The summed E-state index contributed by atoms with van der Waals surface area (Å²) in [5.74, 6) is 1.63. The summed E-state index contributed by atoms with van der Waals surface area (Å²) in [4.78, 5) is 0. The smallest absolute Gasteiger partial charge is 0.132 e. The molecule has 0 unspecified atom stereocenters. The number of hydrogen-bond acceptors (Lipinski definition) is 4. The van der Waals surface area contributed by atoms with Gasteiger partial charge in [0, 0.05) is 11.1 Å². The van der Waals surface area contributed by atoms with Crippen molar-refractivity contribution in [2.45, 2.75) is 0 Å². The maximum Gasteiger partial charge on any atom is 0.132 e. The predicted octanol–water partition coefficient (Wildman–Crippen LogP) is 4.03. The van der Waals surface area contributed by atoms with Crippen LogP contribution in [0.3, 0.4) is 0 Å². The molecule has 0 amide bonds. The topological polar surface area (TPSA) is 44.5 Å². The van der Waals surface area contributed by atoms with Gasteiger partial charge in [0.25, 0.3) is 0 Å². The zero-order valence-corrected chi connectivity index (χ0v) is 11.9. The zero-order valence-electron chi connectivity index (χ0n) is 11.9. The Labute approximate surface area is 122 Å². The summed E-state index contributed by atoms with van der Waals surface area (Å²) in [6.45, 7) is 0. The van der Waals surface area contributed by atoms with Gasteiger partial charge in [-0.2, -0.15) is 0 Å².